The van der Waals surface area contributed by atoms with Gasteiger partial charge >= 0.3 is 0 Å². The van der Waals surface area contributed by atoms with Gasteiger partial charge in [0.25, 0.3) is 0 Å². The Morgan fingerprint density at radius 2 is 2.08 bits per heavy atom. The lowest BCUT2D eigenvalue weighted by Crippen LogP contribution is -2.44. The van der Waals surface area contributed by atoms with Crippen molar-refractivity contribution in [1.29, 1.82) is 0 Å². The van der Waals surface area contributed by atoms with Crippen LogP contribution in [0.5, 0.6) is 0 Å². The van der Waals surface area contributed by atoms with Gasteiger partial charge in [0.2, 0.25) is 5.91 Å². The molecule has 2 fully saturated rings. The summed E-state index contributed by atoms with van der Waals surface area (Å²) in [6.07, 6.45) is 3.41. The lowest BCUT2D eigenvalue weighted by molar-refractivity contribution is -0.132. The number of aromatic nitrogens is 1. The van der Waals surface area contributed by atoms with Gasteiger partial charge in [-0.15, -0.1) is 0 Å². The van der Waals surface area contributed by atoms with Crippen LogP contribution in [0.15, 0.2) is 40.9 Å². The first-order valence-corrected chi connectivity index (χ1v) is 8.48. The first-order valence-electron chi connectivity index (χ1n) is 8.48. The zero-order chi connectivity index (χ0) is 16.5. The molecule has 0 bridgehead atoms. The van der Waals surface area contributed by atoms with Crippen molar-refractivity contribution >= 4 is 5.91 Å². The number of hydrazine groups is 1. The molecule has 4 rings (SSSR count). The molecule has 2 N–H and O–H groups in total. The summed E-state index contributed by atoms with van der Waals surface area (Å²) in [5.74, 6) is 1.56. The minimum atomic E-state index is -0.152. The van der Waals surface area contributed by atoms with Gasteiger partial charge in [-0.1, -0.05) is 35.5 Å². The smallest absolute Gasteiger partial charge is 0.241 e. The summed E-state index contributed by atoms with van der Waals surface area (Å²) in [7, 11) is 1.81. The molecule has 2 aliphatic rings. The van der Waals surface area contributed by atoms with Crippen molar-refractivity contribution in [3.05, 3.63) is 42.1 Å². The van der Waals surface area contributed by atoms with Crippen LogP contribution in [0.3, 0.4) is 0 Å². The predicted molar refractivity (Wildman–Crippen MR) is 89.6 cm³/mol. The lowest BCUT2D eigenvalue weighted by Gasteiger charge is -2.19. The molecule has 2 heterocycles. The fourth-order valence-corrected chi connectivity index (χ4v) is 3.26. The zero-order valence-corrected chi connectivity index (χ0v) is 13.7. The number of carbonyl (C=O) groups excluding carboxylic acids is 1. The van der Waals surface area contributed by atoms with E-state index in [9.17, 15) is 4.79 Å². The van der Waals surface area contributed by atoms with E-state index in [0.29, 0.717) is 12.6 Å². The van der Waals surface area contributed by atoms with Crippen LogP contribution >= 0.6 is 0 Å². The van der Waals surface area contributed by atoms with E-state index in [2.05, 4.69) is 16.0 Å². The molecule has 1 aliphatic heterocycles. The summed E-state index contributed by atoms with van der Waals surface area (Å²) in [6.45, 7) is 0.446. The average Bonchev–Trinajstić information content (AvgIpc) is 3.16. The molecule has 1 aliphatic carbocycles. The van der Waals surface area contributed by atoms with Gasteiger partial charge in [0, 0.05) is 24.7 Å². The quantitative estimate of drug-likeness (QED) is 0.879. The fraction of sp³-hybridized carbons (Fsp3) is 0.444. The monoisotopic (exact) mass is 326 g/mol. The number of amides is 1. The SMILES string of the molecule is CN(Cc1cc(-c2ccccc2)on1)C(=O)C1CC(C2CC2)NN1. The van der Waals surface area contributed by atoms with Gasteiger partial charge in [-0.3, -0.25) is 10.2 Å². The first-order chi connectivity index (χ1) is 11.7. The topological polar surface area (TPSA) is 70.4 Å². The molecule has 0 spiro atoms. The highest BCUT2D eigenvalue weighted by Gasteiger charge is 2.39. The third-order valence-corrected chi connectivity index (χ3v) is 4.81. The number of hydrogen-bond acceptors (Lipinski definition) is 5. The Hall–Kier alpha value is -2.18. The Labute approximate surface area is 141 Å². The Bertz CT molecular complexity index is 711. The summed E-state index contributed by atoms with van der Waals surface area (Å²) in [6, 6.07) is 12.0. The maximum absolute atomic E-state index is 12.6. The van der Waals surface area contributed by atoms with Crippen LogP contribution in [0.4, 0.5) is 0 Å². The molecular formula is C18H22N4O2. The van der Waals surface area contributed by atoms with E-state index in [4.69, 9.17) is 4.52 Å². The van der Waals surface area contributed by atoms with Crippen LogP contribution in [0.25, 0.3) is 11.3 Å². The Kier molecular flexibility index (Phi) is 4.08. The number of benzene rings is 1. The normalized spacial score (nSPS) is 23.4. The van der Waals surface area contributed by atoms with Gasteiger partial charge in [0.1, 0.15) is 11.7 Å². The Balaban J connectivity index is 1.36. The summed E-state index contributed by atoms with van der Waals surface area (Å²) in [4.78, 5) is 14.3. The van der Waals surface area contributed by atoms with Gasteiger partial charge in [-0.2, -0.15) is 0 Å². The van der Waals surface area contributed by atoms with Gasteiger partial charge in [0.05, 0.1) is 6.54 Å². The molecule has 2 atom stereocenters. The van der Waals surface area contributed by atoms with Gasteiger partial charge in [-0.25, -0.2) is 5.43 Å². The molecule has 1 aromatic carbocycles. The van der Waals surface area contributed by atoms with Crippen LogP contribution in [-0.4, -0.2) is 35.1 Å². The van der Waals surface area contributed by atoms with Crippen LogP contribution in [0.2, 0.25) is 0 Å². The second-order valence-electron chi connectivity index (χ2n) is 6.76. The van der Waals surface area contributed by atoms with Crippen molar-refractivity contribution < 1.29 is 9.32 Å². The highest BCUT2D eigenvalue weighted by Crippen LogP contribution is 2.35. The summed E-state index contributed by atoms with van der Waals surface area (Å²) in [5, 5.41) is 4.09. The third kappa shape index (κ3) is 3.20. The van der Waals surface area contributed by atoms with E-state index >= 15 is 0 Å². The Morgan fingerprint density at radius 1 is 1.29 bits per heavy atom. The molecule has 1 aromatic heterocycles. The van der Waals surface area contributed by atoms with Crippen molar-refractivity contribution in [3.8, 4) is 11.3 Å². The number of rotatable bonds is 5. The molecule has 2 unspecified atom stereocenters. The van der Waals surface area contributed by atoms with Crippen molar-refractivity contribution in [3.63, 3.8) is 0 Å². The summed E-state index contributed by atoms with van der Waals surface area (Å²) < 4.78 is 5.40. The van der Waals surface area contributed by atoms with E-state index in [1.165, 1.54) is 12.8 Å². The van der Waals surface area contributed by atoms with E-state index in [-0.39, 0.29) is 11.9 Å². The van der Waals surface area contributed by atoms with E-state index in [0.717, 1.165) is 29.4 Å². The van der Waals surface area contributed by atoms with Gasteiger partial charge in [-0.05, 0) is 25.2 Å². The molecule has 1 saturated heterocycles. The molecular weight excluding hydrogens is 304 g/mol. The standard InChI is InChI=1S/C18H22N4O2/c1-22(18(23)16-10-15(19-20-16)12-7-8-12)11-14-9-17(24-21-14)13-5-3-2-4-6-13/h2-6,9,12,15-16,19-20H,7-8,10-11H2,1H3. The second kappa shape index (κ2) is 6.37. The zero-order valence-electron chi connectivity index (χ0n) is 13.7. The fourth-order valence-electron chi connectivity index (χ4n) is 3.26. The molecule has 2 aromatic rings. The summed E-state index contributed by atoms with van der Waals surface area (Å²) >= 11 is 0. The maximum Gasteiger partial charge on any atom is 0.241 e. The Morgan fingerprint density at radius 3 is 2.83 bits per heavy atom. The van der Waals surface area contributed by atoms with Crippen LogP contribution in [-0.2, 0) is 11.3 Å². The minimum Gasteiger partial charge on any atom is -0.356 e. The van der Waals surface area contributed by atoms with Crippen molar-refractivity contribution in [2.24, 2.45) is 5.92 Å². The first kappa shape index (κ1) is 15.4. The average molecular weight is 326 g/mol. The van der Waals surface area contributed by atoms with Crippen molar-refractivity contribution in [2.45, 2.75) is 37.9 Å². The van der Waals surface area contributed by atoms with Gasteiger partial charge < -0.3 is 9.42 Å². The molecule has 6 heteroatoms. The minimum absolute atomic E-state index is 0.0925. The van der Waals surface area contributed by atoms with Crippen molar-refractivity contribution in [2.75, 3.05) is 7.05 Å². The number of hydrogen-bond donors (Lipinski definition) is 2. The molecule has 126 valence electrons. The summed E-state index contributed by atoms with van der Waals surface area (Å²) in [5.41, 5.74) is 8.15. The lowest BCUT2D eigenvalue weighted by atomic mass is 10.1. The van der Waals surface area contributed by atoms with Gasteiger partial charge in [0.15, 0.2) is 5.76 Å². The molecule has 6 nitrogen and oxygen atoms in total. The number of nitrogens with zero attached hydrogens (tertiary/aromatic N) is 2. The van der Waals surface area contributed by atoms with Crippen LogP contribution in [0.1, 0.15) is 25.0 Å². The third-order valence-electron chi connectivity index (χ3n) is 4.81. The number of nitrogens with one attached hydrogen (secondary N) is 2. The largest absolute Gasteiger partial charge is 0.356 e. The molecule has 1 amide bonds. The predicted octanol–water partition coefficient (Wildman–Crippen LogP) is 1.95. The van der Waals surface area contributed by atoms with Crippen LogP contribution in [0, 0.1) is 5.92 Å². The highest BCUT2D eigenvalue weighted by molar-refractivity contribution is 5.82. The molecule has 24 heavy (non-hydrogen) atoms. The number of likely N-dealkylation sites (N-methyl/N-ethyl adjacent to an activating group) is 1. The molecule has 0 radical (unpaired) electrons. The highest BCUT2D eigenvalue weighted by atomic mass is 16.5. The number of carbonyl (C=O) groups is 1. The molecule has 1 saturated carbocycles. The van der Waals surface area contributed by atoms with E-state index < -0.39 is 0 Å². The van der Waals surface area contributed by atoms with E-state index in [1.807, 2.05) is 43.4 Å². The van der Waals surface area contributed by atoms with Crippen LogP contribution < -0.4 is 10.9 Å². The maximum atomic E-state index is 12.6. The van der Waals surface area contributed by atoms with Crippen molar-refractivity contribution in [1.82, 2.24) is 20.9 Å². The second-order valence-corrected chi connectivity index (χ2v) is 6.76. The van der Waals surface area contributed by atoms with E-state index in [1.54, 1.807) is 4.90 Å².